The first-order chi connectivity index (χ1) is 16.7. The highest BCUT2D eigenvalue weighted by molar-refractivity contribution is 6.02. The minimum atomic E-state index is -1.77. The molecular weight excluding hydrogens is 467 g/mol. The van der Waals surface area contributed by atoms with Gasteiger partial charge in [-0.1, -0.05) is 6.92 Å². The van der Waals surface area contributed by atoms with Crippen molar-refractivity contribution in [2.24, 2.45) is 5.92 Å². The van der Waals surface area contributed by atoms with Crippen molar-refractivity contribution in [3.63, 3.8) is 0 Å². The highest BCUT2D eigenvalue weighted by atomic mass is 19.1. The Balaban J connectivity index is 2.04. The zero-order valence-corrected chi connectivity index (χ0v) is 19.4. The Bertz CT molecular complexity index is 1230. The van der Waals surface area contributed by atoms with Gasteiger partial charge in [-0.15, -0.1) is 0 Å². The first-order valence-corrected chi connectivity index (χ1v) is 11.0. The van der Waals surface area contributed by atoms with E-state index in [1.165, 1.54) is 10.8 Å². The Morgan fingerprint density at radius 3 is 2.23 bits per heavy atom. The maximum Gasteiger partial charge on any atom is 0.326 e. The van der Waals surface area contributed by atoms with Crippen LogP contribution in [0.2, 0.25) is 0 Å². The van der Waals surface area contributed by atoms with Crippen molar-refractivity contribution in [3.8, 4) is 11.1 Å². The molecule has 4 rings (SSSR count). The maximum atomic E-state index is 15.1. The van der Waals surface area contributed by atoms with Crippen LogP contribution in [0.1, 0.15) is 37.1 Å². The molecule has 0 radical (unpaired) electrons. The third-order valence-corrected chi connectivity index (χ3v) is 6.20. The van der Waals surface area contributed by atoms with Gasteiger partial charge in [-0.2, -0.15) is 14.6 Å². The second-order valence-corrected chi connectivity index (χ2v) is 8.47. The van der Waals surface area contributed by atoms with Gasteiger partial charge in [0.15, 0.2) is 5.92 Å². The molecule has 186 valence electrons. The molecule has 1 aliphatic heterocycles. The smallest absolute Gasteiger partial charge is 0.326 e. The van der Waals surface area contributed by atoms with Crippen molar-refractivity contribution in [1.82, 2.24) is 24.5 Å². The lowest BCUT2D eigenvalue weighted by Gasteiger charge is -2.31. The number of halogens is 3. The van der Waals surface area contributed by atoms with E-state index in [1.807, 2.05) is 0 Å². The van der Waals surface area contributed by atoms with Crippen LogP contribution in [-0.4, -0.2) is 63.7 Å². The Morgan fingerprint density at radius 2 is 1.66 bits per heavy atom. The highest BCUT2D eigenvalue weighted by Gasteiger charge is 2.38. The Hall–Kier alpha value is -3.54. The van der Waals surface area contributed by atoms with Gasteiger partial charge in [0, 0.05) is 24.2 Å². The summed E-state index contributed by atoms with van der Waals surface area (Å²) in [5.74, 6) is -6.91. The molecule has 0 N–H and O–H groups in total. The lowest BCUT2D eigenvalue weighted by atomic mass is 9.92. The second kappa shape index (κ2) is 9.98. The molecule has 1 aliphatic rings. The number of esters is 2. The fraction of sp³-hybridized carbons (Fsp3) is 0.435. The first kappa shape index (κ1) is 24.6. The fourth-order valence-electron chi connectivity index (χ4n) is 4.31. The largest absolute Gasteiger partial charge is 0.468 e. The van der Waals surface area contributed by atoms with Gasteiger partial charge in [0.25, 0.3) is 5.78 Å². The summed E-state index contributed by atoms with van der Waals surface area (Å²) in [5, 5.41) is 4.16. The quantitative estimate of drug-likeness (QED) is 0.384. The Morgan fingerprint density at radius 1 is 1.06 bits per heavy atom. The molecule has 0 spiro atoms. The van der Waals surface area contributed by atoms with E-state index < -0.39 is 40.9 Å². The molecule has 0 saturated carbocycles. The molecule has 0 aliphatic carbocycles. The average molecular weight is 491 g/mol. The number of likely N-dealkylation sites (tertiary alicyclic amines) is 1. The number of nitrogens with zero attached hydrogens (tertiary/aromatic N) is 5. The summed E-state index contributed by atoms with van der Waals surface area (Å²) in [7, 11) is 2.12. The molecule has 9 nitrogen and oxygen atoms in total. The van der Waals surface area contributed by atoms with E-state index in [1.54, 1.807) is 0 Å². The highest BCUT2D eigenvalue weighted by Crippen LogP contribution is 2.37. The molecular formula is C23H24F3N5O4. The summed E-state index contributed by atoms with van der Waals surface area (Å²) in [6.45, 7) is 3.72. The Labute approximate surface area is 198 Å². The van der Waals surface area contributed by atoms with Crippen LogP contribution in [0.15, 0.2) is 18.5 Å². The number of ether oxygens (including phenoxy) is 2. The third-order valence-electron chi connectivity index (χ3n) is 6.20. The number of piperidine rings is 1. The standard InChI is InChI=1S/C23H24F3N5O4/c1-12-4-6-30(7-5-12)10-16-18(17-14(25)8-13(24)9-15(17)26)20(29-23-27-11-28-31(16)23)19(21(32)34-2)22(33)35-3/h8-9,11-12,19H,4-7,10H2,1-3H3. The summed E-state index contributed by atoms with van der Waals surface area (Å²) in [4.78, 5) is 35.7. The van der Waals surface area contributed by atoms with Crippen molar-refractivity contribution in [3.05, 3.63) is 47.3 Å². The van der Waals surface area contributed by atoms with E-state index >= 15 is 8.78 Å². The normalized spacial score (nSPS) is 15.1. The van der Waals surface area contributed by atoms with E-state index in [0.717, 1.165) is 27.1 Å². The SMILES string of the molecule is COC(=O)C(C(=O)OC)c1nc2ncnn2c(CN2CCC(C)CC2)c1-c1c(F)cc(F)cc1F. The van der Waals surface area contributed by atoms with Crippen LogP contribution in [-0.2, 0) is 25.6 Å². The van der Waals surface area contributed by atoms with Gasteiger partial charge in [0.2, 0.25) is 0 Å². The fourth-order valence-corrected chi connectivity index (χ4v) is 4.31. The molecule has 1 saturated heterocycles. The van der Waals surface area contributed by atoms with Crippen molar-refractivity contribution < 1.29 is 32.2 Å². The van der Waals surface area contributed by atoms with Crippen molar-refractivity contribution in [2.75, 3.05) is 27.3 Å². The number of carbonyl (C=O) groups is 2. The van der Waals surface area contributed by atoms with Gasteiger partial charge < -0.3 is 9.47 Å². The van der Waals surface area contributed by atoms with Crippen molar-refractivity contribution in [2.45, 2.75) is 32.2 Å². The van der Waals surface area contributed by atoms with Gasteiger partial charge in [0.05, 0.1) is 31.2 Å². The minimum absolute atomic E-state index is 0.00450. The van der Waals surface area contributed by atoms with Gasteiger partial charge in [0.1, 0.15) is 23.8 Å². The number of methoxy groups -OCH3 is 2. The van der Waals surface area contributed by atoms with Crippen molar-refractivity contribution in [1.29, 1.82) is 0 Å². The lowest BCUT2D eigenvalue weighted by Crippen LogP contribution is -2.34. The topological polar surface area (TPSA) is 98.9 Å². The van der Waals surface area contributed by atoms with E-state index in [4.69, 9.17) is 9.47 Å². The molecule has 3 aromatic rings. The van der Waals surface area contributed by atoms with Crippen LogP contribution in [0.5, 0.6) is 0 Å². The second-order valence-electron chi connectivity index (χ2n) is 8.47. The summed E-state index contributed by atoms with van der Waals surface area (Å²) in [5.41, 5.74) is -0.949. The van der Waals surface area contributed by atoms with Gasteiger partial charge in [-0.05, 0) is 31.8 Å². The summed E-state index contributed by atoms with van der Waals surface area (Å²) >= 11 is 0. The lowest BCUT2D eigenvalue weighted by molar-refractivity contribution is -0.154. The molecule has 35 heavy (non-hydrogen) atoms. The van der Waals surface area contributed by atoms with Crippen LogP contribution < -0.4 is 0 Å². The van der Waals surface area contributed by atoms with Gasteiger partial charge >= 0.3 is 11.9 Å². The molecule has 1 aromatic carbocycles. The summed E-state index contributed by atoms with van der Waals surface area (Å²) in [6.07, 6.45) is 3.03. The molecule has 3 heterocycles. The monoisotopic (exact) mass is 491 g/mol. The summed E-state index contributed by atoms with van der Waals surface area (Å²) < 4.78 is 54.9. The predicted molar refractivity (Wildman–Crippen MR) is 117 cm³/mol. The van der Waals surface area contributed by atoms with Crippen LogP contribution in [0.3, 0.4) is 0 Å². The predicted octanol–water partition coefficient (Wildman–Crippen LogP) is 2.87. The zero-order chi connectivity index (χ0) is 25.3. The van der Waals surface area contributed by atoms with E-state index in [0.29, 0.717) is 31.1 Å². The molecule has 0 amide bonds. The zero-order valence-electron chi connectivity index (χ0n) is 19.4. The number of hydrogen-bond donors (Lipinski definition) is 0. The number of benzene rings is 1. The molecule has 1 fully saturated rings. The average Bonchev–Trinajstić information content (AvgIpc) is 3.29. The molecule has 0 bridgehead atoms. The maximum absolute atomic E-state index is 15.1. The van der Waals surface area contributed by atoms with Crippen LogP contribution in [0, 0.1) is 23.4 Å². The molecule has 0 atom stereocenters. The number of aromatic nitrogens is 4. The number of hydrogen-bond acceptors (Lipinski definition) is 8. The van der Waals surface area contributed by atoms with Crippen molar-refractivity contribution >= 4 is 17.7 Å². The van der Waals surface area contributed by atoms with Gasteiger partial charge in [-0.3, -0.25) is 14.5 Å². The molecule has 2 aromatic heterocycles. The molecule has 0 unspecified atom stereocenters. The van der Waals surface area contributed by atoms with Crippen LogP contribution in [0.25, 0.3) is 16.9 Å². The molecule has 12 heteroatoms. The Kier molecular flexibility index (Phi) is 7.01. The van der Waals surface area contributed by atoms with E-state index in [9.17, 15) is 14.0 Å². The van der Waals surface area contributed by atoms with E-state index in [2.05, 4.69) is 26.9 Å². The van der Waals surface area contributed by atoms with Crippen LogP contribution in [0.4, 0.5) is 13.2 Å². The van der Waals surface area contributed by atoms with E-state index in [-0.39, 0.29) is 29.3 Å². The number of rotatable bonds is 6. The van der Waals surface area contributed by atoms with Gasteiger partial charge in [-0.25, -0.2) is 18.2 Å². The minimum Gasteiger partial charge on any atom is -0.468 e. The third kappa shape index (κ3) is 4.70. The number of carbonyl (C=O) groups excluding carboxylic acids is 2. The first-order valence-electron chi connectivity index (χ1n) is 11.0. The number of fused-ring (bicyclic) bond motifs is 1. The summed E-state index contributed by atoms with van der Waals surface area (Å²) in [6, 6.07) is 1.04. The van der Waals surface area contributed by atoms with Crippen LogP contribution >= 0.6 is 0 Å².